The molecule has 0 heterocycles. The van der Waals surface area contributed by atoms with Gasteiger partial charge in [-0.25, -0.2) is 4.39 Å². The fourth-order valence-electron chi connectivity index (χ4n) is 2.51. The molecule has 21 heavy (non-hydrogen) atoms. The van der Waals surface area contributed by atoms with Gasteiger partial charge in [0.1, 0.15) is 5.82 Å². The summed E-state index contributed by atoms with van der Waals surface area (Å²) in [7, 11) is 0. The Morgan fingerprint density at radius 2 is 2.14 bits per heavy atom. The zero-order valence-corrected chi connectivity index (χ0v) is 12.6. The number of nitrogens with two attached hydrogens (primary N) is 1. The largest absolute Gasteiger partial charge is 0.386 e. The Labute approximate surface area is 129 Å². The van der Waals surface area contributed by atoms with Crippen LogP contribution in [0.2, 0.25) is 5.02 Å². The summed E-state index contributed by atoms with van der Waals surface area (Å²) in [4.78, 5) is 4.12. The van der Waals surface area contributed by atoms with E-state index in [1.54, 1.807) is 6.07 Å². The first-order valence-corrected chi connectivity index (χ1v) is 7.63. The topological polar surface area (TPSA) is 70.6 Å². The Balaban J connectivity index is 1.87. The van der Waals surface area contributed by atoms with E-state index >= 15 is 0 Å². The van der Waals surface area contributed by atoms with E-state index in [9.17, 15) is 9.50 Å². The Bertz CT molecular complexity index is 504. The van der Waals surface area contributed by atoms with Crippen LogP contribution in [0.25, 0.3) is 0 Å². The number of guanidine groups is 1. The van der Waals surface area contributed by atoms with E-state index in [1.165, 1.54) is 31.4 Å². The van der Waals surface area contributed by atoms with Gasteiger partial charge in [0.2, 0.25) is 0 Å². The third-order valence-corrected chi connectivity index (χ3v) is 4.03. The molecule has 1 aromatic carbocycles. The number of nitrogens with zero attached hydrogens (tertiary/aromatic N) is 1. The molecular formula is C15H21ClFN3O. The first kappa shape index (κ1) is 16.0. The third-order valence-electron chi connectivity index (χ3n) is 3.72. The number of rotatable bonds is 4. The van der Waals surface area contributed by atoms with Gasteiger partial charge in [-0.1, -0.05) is 36.9 Å². The van der Waals surface area contributed by atoms with Crippen LogP contribution in [0.4, 0.5) is 4.39 Å². The standard InChI is InChI=1S/C15H21ClFN3O/c16-12-7-6-10(8-13(12)17)14(21)9-19-15(18)20-11-4-2-1-3-5-11/h6-8,11,14,21H,1-5,9H2,(H3,18,19,20). The summed E-state index contributed by atoms with van der Waals surface area (Å²) in [5.41, 5.74) is 6.25. The molecule has 4 nitrogen and oxygen atoms in total. The Hall–Kier alpha value is -1.33. The van der Waals surface area contributed by atoms with Crippen LogP contribution >= 0.6 is 11.6 Å². The van der Waals surface area contributed by atoms with Gasteiger partial charge in [-0.3, -0.25) is 4.99 Å². The lowest BCUT2D eigenvalue weighted by Crippen LogP contribution is -2.41. The lowest BCUT2D eigenvalue weighted by molar-refractivity contribution is 0.186. The van der Waals surface area contributed by atoms with Crippen LogP contribution in [-0.4, -0.2) is 23.7 Å². The molecule has 1 aliphatic carbocycles. The molecule has 1 unspecified atom stereocenters. The molecule has 1 aromatic rings. The van der Waals surface area contributed by atoms with Gasteiger partial charge in [-0.2, -0.15) is 0 Å². The second kappa shape index (κ2) is 7.61. The van der Waals surface area contributed by atoms with E-state index in [-0.39, 0.29) is 11.6 Å². The molecular weight excluding hydrogens is 293 g/mol. The van der Waals surface area contributed by atoms with Crippen molar-refractivity contribution < 1.29 is 9.50 Å². The Kier molecular flexibility index (Phi) is 5.82. The number of aliphatic hydroxyl groups excluding tert-OH is 1. The highest BCUT2D eigenvalue weighted by molar-refractivity contribution is 6.30. The van der Waals surface area contributed by atoms with Crippen LogP contribution in [0.3, 0.4) is 0 Å². The smallest absolute Gasteiger partial charge is 0.188 e. The van der Waals surface area contributed by atoms with E-state index in [1.807, 2.05) is 0 Å². The van der Waals surface area contributed by atoms with Gasteiger partial charge in [0.15, 0.2) is 5.96 Å². The summed E-state index contributed by atoms with van der Waals surface area (Å²) < 4.78 is 13.3. The summed E-state index contributed by atoms with van der Waals surface area (Å²) in [6.45, 7) is 0.0899. The van der Waals surface area contributed by atoms with Crippen LogP contribution in [-0.2, 0) is 0 Å². The summed E-state index contributed by atoms with van der Waals surface area (Å²) in [5.74, 6) is -0.221. The van der Waals surface area contributed by atoms with Gasteiger partial charge >= 0.3 is 0 Å². The molecule has 1 saturated carbocycles. The van der Waals surface area contributed by atoms with Gasteiger partial charge in [0.05, 0.1) is 17.7 Å². The highest BCUT2D eigenvalue weighted by Crippen LogP contribution is 2.20. The van der Waals surface area contributed by atoms with Gasteiger partial charge < -0.3 is 16.2 Å². The molecule has 0 spiro atoms. The molecule has 4 N–H and O–H groups in total. The number of nitrogens with one attached hydrogen (secondary N) is 1. The zero-order chi connectivity index (χ0) is 15.2. The van der Waals surface area contributed by atoms with Crippen LogP contribution in [0.15, 0.2) is 23.2 Å². The summed E-state index contributed by atoms with van der Waals surface area (Å²) >= 11 is 5.61. The van der Waals surface area contributed by atoms with Gasteiger partial charge in [0.25, 0.3) is 0 Å². The normalized spacial score (nSPS) is 18.5. The van der Waals surface area contributed by atoms with Crippen LogP contribution in [0.5, 0.6) is 0 Å². The van der Waals surface area contributed by atoms with Crippen LogP contribution in [0.1, 0.15) is 43.8 Å². The predicted molar refractivity (Wildman–Crippen MR) is 82.9 cm³/mol. The van der Waals surface area contributed by atoms with Gasteiger partial charge in [0, 0.05) is 6.04 Å². The molecule has 0 bridgehead atoms. The molecule has 0 amide bonds. The highest BCUT2D eigenvalue weighted by atomic mass is 35.5. The average molecular weight is 314 g/mol. The van der Waals surface area contributed by atoms with E-state index < -0.39 is 11.9 Å². The Morgan fingerprint density at radius 3 is 2.81 bits per heavy atom. The SMILES string of the molecule is NC(=NCC(O)c1ccc(Cl)c(F)c1)NC1CCCCC1. The summed E-state index contributed by atoms with van der Waals surface area (Å²) in [6.07, 6.45) is 4.98. The lowest BCUT2D eigenvalue weighted by Gasteiger charge is -2.23. The number of aliphatic hydroxyl groups is 1. The molecule has 6 heteroatoms. The van der Waals surface area contributed by atoms with E-state index in [2.05, 4.69) is 10.3 Å². The number of aliphatic imine (C=N–C) groups is 1. The quantitative estimate of drug-likeness (QED) is 0.591. The lowest BCUT2D eigenvalue weighted by atomic mass is 9.96. The minimum Gasteiger partial charge on any atom is -0.386 e. The van der Waals surface area contributed by atoms with Crippen molar-refractivity contribution in [2.75, 3.05) is 6.54 Å². The number of hydrogen-bond donors (Lipinski definition) is 3. The van der Waals surface area contributed by atoms with Crippen molar-refractivity contribution in [2.45, 2.75) is 44.2 Å². The number of benzene rings is 1. The first-order chi connectivity index (χ1) is 10.1. The molecule has 0 aromatic heterocycles. The maximum absolute atomic E-state index is 13.3. The van der Waals surface area contributed by atoms with E-state index in [0.29, 0.717) is 17.6 Å². The van der Waals surface area contributed by atoms with E-state index in [4.69, 9.17) is 17.3 Å². The first-order valence-electron chi connectivity index (χ1n) is 7.25. The van der Waals surface area contributed by atoms with Crippen molar-refractivity contribution in [2.24, 2.45) is 10.7 Å². The van der Waals surface area contributed by atoms with Crippen LogP contribution < -0.4 is 11.1 Å². The molecule has 1 fully saturated rings. The summed E-state index contributed by atoms with van der Waals surface area (Å²) in [5, 5.41) is 13.2. The molecule has 1 aliphatic rings. The van der Waals surface area contributed by atoms with Gasteiger partial charge in [-0.05, 0) is 30.5 Å². The van der Waals surface area contributed by atoms with Crippen molar-refractivity contribution in [3.05, 3.63) is 34.6 Å². The van der Waals surface area contributed by atoms with Crippen molar-refractivity contribution in [3.63, 3.8) is 0 Å². The average Bonchev–Trinajstić information content (AvgIpc) is 2.48. The maximum atomic E-state index is 13.3. The van der Waals surface area contributed by atoms with Crippen molar-refractivity contribution in [1.82, 2.24) is 5.32 Å². The number of halogens is 2. The maximum Gasteiger partial charge on any atom is 0.188 e. The van der Waals surface area contributed by atoms with Gasteiger partial charge in [-0.15, -0.1) is 0 Å². The van der Waals surface area contributed by atoms with Crippen LogP contribution in [0, 0.1) is 5.82 Å². The minimum atomic E-state index is -0.900. The van der Waals surface area contributed by atoms with Crippen molar-refractivity contribution >= 4 is 17.6 Å². The fraction of sp³-hybridized carbons (Fsp3) is 0.533. The molecule has 0 saturated heterocycles. The summed E-state index contributed by atoms with van der Waals surface area (Å²) in [6, 6.07) is 4.58. The molecule has 0 aliphatic heterocycles. The second-order valence-electron chi connectivity index (χ2n) is 5.39. The molecule has 2 rings (SSSR count). The Morgan fingerprint density at radius 1 is 1.43 bits per heavy atom. The zero-order valence-electron chi connectivity index (χ0n) is 11.9. The molecule has 0 radical (unpaired) electrons. The minimum absolute atomic E-state index is 0.0351. The fourth-order valence-corrected chi connectivity index (χ4v) is 2.63. The molecule has 1 atom stereocenters. The third kappa shape index (κ3) is 4.86. The predicted octanol–water partition coefficient (Wildman–Crippen LogP) is 2.75. The molecule has 116 valence electrons. The monoisotopic (exact) mass is 313 g/mol. The highest BCUT2D eigenvalue weighted by Gasteiger charge is 2.14. The van der Waals surface area contributed by atoms with Crippen molar-refractivity contribution in [1.29, 1.82) is 0 Å². The second-order valence-corrected chi connectivity index (χ2v) is 5.80. The van der Waals surface area contributed by atoms with Crippen molar-refractivity contribution in [3.8, 4) is 0 Å². The van der Waals surface area contributed by atoms with E-state index in [0.717, 1.165) is 12.8 Å². The number of hydrogen-bond acceptors (Lipinski definition) is 2.